The van der Waals surface area contributed by atoms with Crippen LogP contribution < -0.4 is 5.73 Å². The fourth-order valence-corrected chi connectivity index (χ4v) is 2.51. The molecule has 116 valence electrons. The van der Waals surface area contributed by atoms with Crippen LogP contribution >= 0.6 is 0 Å². The number of aromatic nitrogens is 3. The van der Waals surface area contributed by atoms with Crippen molar-refractivity contribution in [3.05, 3.63) is 35.7 Å². The summed E-state index contributed by atoms with van der Waals surface area (Å²) in [6.07, 6.45) is 0.864. The number of carboxylic acid groups (broad SMARTS) is 1. The molecule has 22 heavy (non-hydrogen) atoms. The standard InChI is InChI=1S/C15H18N4O3/c16-7-10-1-3-11(4-2-10)15-17-14(12-5-6-22-9-12)18-19(15)8-13(20)21/h1-4,12H,5-9,16H2,(H,20,21)/t12-/m0/s1. The average molecular weight is 302 g/mol. The van der Waals surface area contributed by atoms with E-state index in [1.54, 1.807) is 0 Å². The van der Waals surface area contributed by atoms with E-state index in [-0.39, 0.29) is 12.5 Å². The van der Waals surface area contributed by atoms with Crippen LogP contribution in [0.4, 0.5) is 0 Å². The second-order valence-corrected chi connectivity index (χ2v) is 5.31. The Labute approximate surface area is 127 Å². The monoisotopic (exact) mass is 302 g/mol. The van der Waals surface area contributed by atoms with Crippen molar-refractivity contribution in [2.45, 2.75) is 25.4 Å². The number of hydrogen-bond acceptors (Lipinski definition) is 5. The fourth-order valence-electron chi connectivity index (χ4n) is 2.51. The van der Waals surface area contributed by atoms with E-state index in [1.165, 1.54) is 4.68 Å². The summed E-state index contributed by atoms with van der Waals surface area (Å²) in [5.74, 6) is 0.403. The molecule has 0 amide bonds. The minimum absolute atomic E-state index is 0.136. The van der Waals surface area contributed by atoms with Gasteiger partial charge < -0.3 is 15.6 Å². The lowest BCUT2D eigenvalue weighted by Gasteiger charge is -2.04. The van der Waals surface area contributed by atoms with E-state index in [9.17, 15) is 4.79 Å². The molecule has 1 saturated heterocycles. The molecular weight excluding hydrogens is 284 g/mol. The average Bonchev–Trinajstić information content (AvgIpc) is 3.16. The Hall–Kier alpha value is -2.25. The molecular formula is C15H18N4O3. The van der Waals surface area contributed by atoms with Crippen molar-refractivity contribution >= 4 is 5.97 Å². The summed E-state index contributed by atoms with van der Waals surface area (Å²) >= 11 is 0. The Morgan fingerprint density at radius 1 is 1.41 bits per heavy atom. The zero-order valence-corrected chi connectivity index (χ0v) is 12.1. The van der Waals surface area contributed by atoms with Crippen molar-refractivity contribution in [3.8, 4) is 11.4 Å². The predicted molar refractivity (Wildman–Crippen MR) is 79.2 cm³/mol. The molecule has 1 fully saturated rings. The number of nitrogens with two attached hydrogens (primary N) is 1. The lowest BCUT2D eigenvalue weighted by Crippen LogP contribution is -2.12. The summed E-state index contributed by atoms with van der Waals surface area (Å²) in [5, 5.41) is 13.4. The van der Waals surface area contributed by atoms with E-state index in [4.69, 9.17) is 15.6 Å². The van der Waals surface area contributed by atoms with Gasteiger partial charge in [-0.1, -0.05) is 24.3 Å². The number of carbonyl (C=O) groups is 1. The molecule has 0 bridgehead atoms. The quantitative estimate of drug-likeness (QED) is 0.853. The molecule has 0 saturated carbocycles. The number of rotatable bonds is 5. The first-order valence-electron chi connectivity index (χ1n) is 7.21. The van der Waals surface area contributed by atoms with E-state index < -0.39 is 5.97 Å². The Balaban J connectivity index is 1.97. The van der Waals surface area contributed by atoms with Crippen molar-refractivity contribution in [1.82, 2.24) is 14.8 Å². The fraction of sp³-hybridized carbons (Fsp3) is 0.400. The van der Waals surface area contributed by atoms with Gasteiger partial charge in [-0.2, -0.15) is 5.10 Å². The lowest BCUT2D eigenvalue weighted by atomic mass is 10.1. The van der Waals surface area contributed by atoms with Crippen LogP contribution in [-0.4, -0.2) is 39.1 Å². The van der Waals surface area contributed by atoms with Gasteiger partial charge in [-0.25, -0.2) is 9.67 Å². The molecule has 1 aliphatic heterocycles. The third kappa shape index (κ3) is 3.00. The summed E-state index contributed by atoms with van der Waals surface area (Å²) in [6.45, 7) is 1.53. The molecule has 0 spiro atoms. The first-order chi connectivity index (χ1) is 10.7. The van der Waals surface area contributed by atoms with E-state index in [0.717, 1.165) is 17.5 Å². The van der Waals surface area contributed by atoms with Gasteiger partial charge in [-0.05, 0) is 12.0 Å². The van der Waals surface area contributed by atoms with Gasteiger partial charge in [0.05, 0.1) is 6.61 Å². The van der Waals surface area contributed by atoms with Crippen LogP contribution in [0.3, 0.4) is 0 Å². The summed E-state index contributed by atoms with van der Waals surface area (Å²) in [5.41, 5.74) is 7.44. The second kappa shape index (κ2) is 6.25. The van der Waals surface area contributed by atoms with Crippen LogP contribution in [0.2, 0.25) is 0 Å². The van der Waals surface area contributed by atoms with Crippen LogP contribution in [0.5, 0.6) is 0 Å². The van der Waals surface area contributed by atoms with E-state index in [1.807, 2.05) is 24.3 Å². The predicted octanol–water partition coefficient (Wildman–Crippen LogP) is 0.992. The number of carboxylic acids is 1. The van der Waals surface area contributed by atoms with Crippen LogP contribution in [0, 0.1) is 0 Å². The topological polar surface area (TPSA) is 103 Å². The van der Waals surface area contributed by atoms with E-state index in [2.05, 4.69) is 10.1 Å². The maximum Gasteiger partial charge on any atom is 0.325 e. The highest BCUT2D eigenvalue weighted by molar-refractivity contribution is 5.68. The molecule has 0 aliphatic carbocycles. The van der Waals surface area contributed by atoms with Crippen molar-refractivity contribution in [2.24, 2.45) is 5.73 Å². The molecule has 1 aliphatic rings. The Morgan fingerprint density at radius 2 is 2.18 bits per heavy atom. The van der Waals surface area contributed by atoms with Crippen LogP contribution in [0.25, 0.3) is 11.4 Å². The SMILES string of the molecule is NCc1ccc(-c2nc([C@H]3CCOC3)nn2CC(=O)O)cc1. The van der Waals surface area contributed by atoms with E-state index in [0.29, 0.717) is 31.4 Å². The third-order valence-electron chi connectivity index (χ3n) is 3.72. The molecule has 3 N–H and O–H groups in total. The number of hydrogen-bond donors (Lipinski definition) is 2. The maximum absolute atomic E-state index is 11.1. The minimum Gasteiger partial charge on any atom is -0.480 e. The number of ether oxygens (including phenoxy) is 1. The van der Waals surface area contributed by atoms with Gasteiger partial charge in [-0.15, -0.1) is 0 Å². The molecule has 1 atom stereocenters. The molecule has 2 heterocycles. The molecule has 1 aromatic carbocycles. The van der Waals surface area contributed by atoms with Gasteiger partial charge >= 0.3 is 5.97 Å². The van der Waals surface area contributed by atoms with Crippen LogP contribution in [0.15, 0.2) is 24.3 Å². The molecule has 3 rings (SSSR count). The summed E-state index contributed by atoms with van der Waals surface area (Å²) < 4.78 is 6.80. The second-order valence-electron chi connectivity index (χ2n) is 5.31. The highest BCUT2D eigenvalue weighted by atomic mass is 16.5. The minimum atomic E-state index is -0.945. The van der Waals surface area contributed by atoms with Gasteiger partial charge in [0.1, 0.15) is 6.54 Å². The molecule has 7 heteroatoms. The third-order valence-corrected chi connectivity index (χ3v) is 3.72. The Bertz CT molecular complexity index is 660. The van der Waals surface area contributed by atoms with Gasteiger partial charge in [0.15, 0.2) is 11.6 Å². The molecule has 0 unspecified atom stereocenters. The summed E-state index contributed by atoms with van der Waals surface area (Å²) in [6, 6.07) is 7.60. The lowest BCUT2D eigenvalue weighted by molar-refractivity contribution is -0.137. The smallest absolute Gasteiger partial charge is 0.325 e. The molecule has 0 radical (unpaired) electrons. The first-order valence-corrected chi connectivity index (χ1v) is 7.21. The number of aliphatic carboxylic acids is 1. The highest BCUT2D eigenvalue weighted by Gasteiger charge is 2.24. The summed E-state index contributed by atoms with van der Waals surface area (Å²) in [4.78, 5) is 15.6. The molecule has 2 aromatic rings. The zero-order chi connectivity index (χ0) is 15.5. The maximum atomic E-state index is 11.1. The van der Waals surface area contributed by atoms with Crippen molar-refractivity contribution in [3.63, 3.8) is 0 Å². The molecule has 7 nitrogen and oxygen atoms in total. The number of benzene rings is 1. The molecule has 1 aromatic heterocycles. The largest absolute Gasteiger partial charge is 0.480 e. The van der Waals surface area contributed by atoms with E-state index >= 15 is 0 Å². The van der Waals surface area contributed by atoms with Gasteiger partial charge in [0.25, 0.3) is 0 Å². The first kappa shape index (κ1) is 14.7. The van der Waals surface area contributed by atoms with Gasteiger partial charge in [0.2, 0.25) is 0 Å². The number of nitrogens with zero attached hydrogens (tertiary/aromatic N) is 3. The summed E-state index contributed by atoms with van der Waals surface area (Å²) in [7, 11) is 0. The zero-order valence-electron chi connectivity index (χ0n) is 12.1. The van der Waals surface area contributed by atoms with Crippen LogP contribution in [0.1, 0.15) is 23.7 Å². The van der Waals surface area contributed by atoms with Crippen molar-refractivity contribution in [1.29, 1.82) is 0 Å². The van der Waals surface area contributed by atoms with Gasteiger partial charge in [-0.3, -0.25) is 4.79 Å². The Morgan fingerprint density at radius 3 is 2.77 bits per heavy atom. The van der Waals surface area contributed by atoms with Crippen molar-refractivity contribution < 1.29 is 14.6 Å². The van der Waals surface area contributed by atoms with Crippen LogP contribution in [-0.2, 0) is 22.6 Å². The normalized spacial score (nSPS) is 17.8. The van der Waals surface area contributed by atoms with Crippen molar-refractivity contribution in [2.75, 3.05) is 13.2 Å². The van der Waals surface area contributed by atoms with Gasteiger partial charge in [0, 0.05) is 24.6 Å². The highest BCUT2D eigenvalue weighted by Crippen LogP contribution is 2.26. The Kier molecular flexibility index (Phi) is 4.17.